The molecule has 0 unspecified atom stereocenters. The number of rotatable bonds is 8. The van der Waals surface area contributed by atoms with Crippen molar-refractivity contribution in [2.75, 3.05) is 19.7 Å². The Balaban J connectivity index is 2.04. The molecular formula is C13H17FN2O4. The van der Waals surface area contributed by atoms with E-state index < -0.39 is 5.97 Å². The molecule has 3 N–H and O–H groups in total. The van der Waals surface area contributed by atoms with Crippen LogP contribution < -0.4 is 15.4 Å². The molecule has 0 fully saturated rings. The van der Waals surface area contributed by atoms with E-state index in [-0.39, 0.29) is 24.9 Å². The van der Waals surface area contributed by atoms with E-state index >= 15 is 0 Å². The molecule has 1 rings (SSSR count). The molecule has 0 radical (unpaired) electrons. The lowest BCUT2D eigenvalue weighted by atomic mass is 10.3. The Morgan fingerprint density at radius 1 is 1.15 bits per heavy atom. The molecule has 110 valence electrons. The van der Waals surface area contributed by atoms with Crippen LogP contribution in [0, 0.1) is 5.82 Å². The summed E-state index contributed by atoms with van der Waals surface area (Å²) in [5.74, 6) is -0.703. The average Bonchev–Trinajstić information content (AvgIpc) is 2.41. The molecule has 7 heteroatoms. The molecule has 0 aliphatic rings. The summed E-state index contributed by atoms with van der Waals surface area (Å²) in [5, 5.41) is 13.5. The zero-order valence-corrected chi connectivity index (χ0v) is 10.9. The molecule has 0 aliphatic heterocycles. The second kappa shape index (κ2) is 8.73. The minimum atomic E-state index is -0.889. The van der Waals surface area contributed by atoms with E-state index in [1.165, 1.54) is 24.3 Å². The van der Waals surface area contributed by atoms with Crippen LogP contribution >= 0.6 is 0 Å². The van der Waals surface area contributed by atoms with Gasteiger partial charge in [0.05, 0.1) is 6.54 Å². The fourth-order valence-corrected chi connectivity index (χ4v) is 1.37. The first-order valence-corrected chi connectivity index (χ1v) is 6.20. The number of nitrogens with one attached hydrogen (secondary N) is 2. The molecular weight excluding hydrogens is 267 g/mol. The minimum absolute atomic E-state index is 0.0218. The number of halogens is 1. The Hall–Kier alpha value is -2.31. The van der Waals surface area contributed by atoms with Crippen molar-refractivity contribution in [3.63, 3.8) is 0 Å². The first-order chi connectivity index (χ1) is 9.58. The minimum Gasteiger partial charge on any atom is -0.492 e. The highest BCUT2D eigenvalue weighted by molar-refractivity contribution is 5.73. The largest absolute Gasteiger partial charge is 0.492 e. The van der Waals surface area contributed by atoms with E-state index in [1.807, 2.05) is 0 Å². The maximum atomic E-state index is 12.6. The average molecular weight is 284 g/mol. The fraction of sp³-hybridized carbons (Fsp3) is 0.385. The lowest BCUT2D eigenvalue weighted by Crippen LogP contribution is -2.38. The number of hydrogen-bond acceptors (Lipinski definition) is 3. The van der Waals surface area contributed by atoms with Crippen LogP contribution in [-0.2, 0) is 4.79 Å². The summed E-state index contributed by atoms with van der Waals surface area (Å²) in [6.07, 6.45) is 0.406. The number of carbonyl (C=O) groups is 2. The molecule has 0 heterocycles. The topological polar surface area (TPSA) is 87.7 Å². The van der Waals surface area contributed by atoms with Crippen LogP contribution in [0.4, 0.5) is 9.18 Å². The highest BCUT2D eigenvalue weighted by Crippen LogP contribution is 2.10. The van der Waals surface area contributed by atoms with E-state index in [0.717, 1.165) is 0 Å². The van der Waals surface area contributed by atoms with Gasteiger partial charge in [0.1, 0.15) is 18.2 Å². The van der Waals surface area contributed by atoms with Gasteiger partial charge in [0.2, 0.25) is 0 Å². The van der Waals surface area contributed by atoms with Crippen molar-refractivity contribution < 1.29 is 23.8 Å². The van der Waals surface area contributed by atoms with Crippen molar-refractivity contribution >= 4 is 12.0 Å². The summed E-state index contributed by atoms with van der Waals surface area (Å²) in [5.41, 5.74) is 0. The van der Waals surface area contributed by atoms with E-state index in [2.05, 4.69) is 10.6 Å². The van der Waals surface area contributed by atoms with Gasteiger partial charge in [-0.25, -0.2) is 9.18 Å². The predicted molar refractivity (Wildman–Crippen MR) is 70.2 cm³/mol. The lowest BCUT2D eigenvalue weighted by Gasteiger charge is -2.08. The van der Waals surface area contributed by atoms with Gasteiger partial charge >= 0.3 is 12.0 Å². The highest BCUT2D eigenvalue weighted by Gasteiger charge is 2.01. The maximum Gasteiger partial charge on any atom is 0.314 e. The molecule has 0 spiro atoms. The number of hydrogen-bond donors (Lipinski definition) is 3. The van der Waals surface area contributed by atoms with Gasteiger partial charge in [-0.1, -0.05) is 0 Å². The maximum absolute atomic E-state index is 12.6. The van der Waals surface area contributed by atoms with Crippen molar-refractivity contribution in [1.82, 2.24) is 10.6 Å². The summed E-state index contributed by atoms with van der Waals surface area (Å²) in [6, 6.07) is 5.21. The van der Waals surface area contributed by atoms with Crippen LogP contribution in [-0.4, -0.2) is 36.8 Å². The normalized spacial score (nSPS) is 9.85. The number of carboxylic acids is 1. The first-order valence-electron chi connectivity index (χ1n) is 6.20. The summed E-state index contributed by atoms with van der Waals surface area (Å²) in [7, 11) is 0. The summed E-state index contributed by atoms with van der Waals surface area (Å²) < 4.78 is 17.9. The quantitative estimate of drug-likeness (QED) is 0.629. The summed E-state index contributed by atoms with van der Waals surface area (Å²) in [4.78, 5) is 21.5. The van der Waals surface area contributed by atoms with Gasteiger partial charge in [0.25, 0.3) is 0 Å². The van der Waals surface area contributed by atoms with Crippen molar-refractivity contribution in [1.29, 1.82) is 0 Å². The van der Waals surface area contributed by atoms with Crippen LogP contribution in [0.5, 0.6) is 5.75 Å². The van der Waals surface area contributed by atoms with Gasteiger partial charge in [0, 0.05) is 13.0 Å². The number of carboxylic acid groups (broad SMARTS) is 1. The van der Waals surface area contributed by atoms with Crippen LogP contribution in [0.3, 0.4) is 0 Å². The molecule has 0 aliphatic carbocycles. The SMILES string of the molecule is O=C(O)CCCNC(=O)NCCOc1ccc(F)cc1. The monoisotopic (exact) mass is 284 g/mol. The summed E-state index contributed by atoms with van der Waals surface area (Å²) in [6.45, 7) is 0.854. The molecule has 0 atom stereocenters. The molecule has 0 saturated carbocycles. The number of aliphatic carboxylic acids is 1. The first kappa shape index (κ1) is 15.7. The number of benzene rings is 1. The standard InChI is InChI=1S/C13H17FN2O4/c14-10-3-5-11(6-4-10)20-9-8-16-13(19)15-7-1-2-12(17)18/h3-6H,1-2,7-9H2,(H,17,18)(H2,15,16,19). The molecule has 0 bridgehead atoms. The van der Waals surface area contributed by atoms with Crippen molar-refractivity contribution in [2.24, 2.45) is 0 Å². The van der Waals surface area contributed by atoms with Crippen LogP contribution in [0.2, 0.25) is 0 Å². The van der Waals surface area contributed by atoms with Gasteiger partial charge in [-0.3, -0.25) is 4.79 Å². The number of carbonyl (C=O) groups excluding carboxylic acids is 1. The third-order valence-electron chi connectivity index (χ3n) is 2.32. The Morgan fingerprint density at radius 3 is 2.45 bits per heavy atom. The van der Waals surface area contributed by atoms with E-state index in [9.17, 15) is 14.0 Å². The molecule has 2 amide bonds. The van der Waals surface area contributed by atoms with Gasteiger partial charge in [-0.15, -0.1) is 0 Å². The summed E-state index contributed by atoms with van der Waals surface area (Å²) >= 11 is 0. The van der Waals surface area contributed by atoms with Crippen LogP contribution in [0.15, 0.2) is 24.3 Å². The molecule has 20 heavy (non-hydrogen) atoms. The Bertz CT molecular complexity index is 437. The molecule has 6 nitrogen and oxygen atoms in total. The van der Waals surface area contributed by atoms with E-state index in [4.69, 9.17) is 9.84 Å². The Kier molecular flexibility index (Phi) is 6.88. The van der Waals surface area contributed by atoms with Gasteiger partial charge in [-0.05, 0) is 30.7 Å². The van der Waals surface area contributed by atoms with E-state index in [0.29, 0.717) is 25.3 Å². The fourth-order valence-electron chi connectivity index (χ4n) is 1.37. The molecule has 0 saturated heterocycles. The lowest BCUT2D eigenvalue weighted by molar-refractivity contribution is -0.137. The van der Waals surface area contributed by atoms with E-state index in [1.54, 1.807) is 0 Å². The number of ether oxygens (including phenoxy) is 1. The zero-order chi connectivity index (χ0) is 14.8. The highest BCUT2D eigenvalue weighted by atomic mass is 19.1. The number of amides is 2. The second-order valence-electron chi connectivity index (χ2n) is 3.98. The van der Waals surface area contributed by atoms with Crippen molar-refractivity contribution in [3.05, 3.63) is 30.1 Å². The third-order valence-corrected chi connectivity index (χ3v) is 2.32. The molecule has 1 aromatic carbocycles. The smallest absolute Gasteiger partial charge is 0.314 e. The number of urea groups is 1. The van der Waals surface area contributed by atoms with Crippen molar-refractivity contribution in [2.45, 2.75) is 12.8 Å². The van der Waals surface area contributed by atoms with Gasteiger partial charge in [-0.2, -0.15) is 0 Å². The van der Waals surface area contributed by atoms with Crippen molar-refractivity contribution in [3.8, 4) is 5.75 Å². The third kappa shape index (κ3) is 7.20. The van der Waals surface area contributed by atoms with Gasteiger partial charge < -0.3 is 20.5 Å². The predicted octanol–water partition coefficient (Wildman–Crippen LogP) is 1.37. The Labute approximate surface area is 115 Å². The Morgan fingerprint density at radius 2 is 1.80 bits per heavy atom. The molecule has 1 aromatic rings. The van der Waals surface area contributed by atoms with Gasteiger partial charge in [0.15, 0.2) is 0 Å². The van der Waals surface area contributed by atoms with Crippen LogP contribution in [0.25, 0.3) is 0 Å². The second-order valence-corrected chi connectivity index (χ2v) is 3.98. The molecule has 0 aromatic heterocycles. The zero-order valence-electron chi connectivity index (χ0n) is 10.9. The van der Waals surface area contributed by atoms with Crippen LogP contribution in [0.1, 0.15) is 12.8 Å².